The fourth-order valence-electron chi connectivity index (χ4n) is 2.87. The SMILES string of the molecule is CCNC(=NCc1ccc(C)cc1OCC)NCC1(CCOC)CC1. The first-order chi connectivity index (χ1) is 12.1. The van der Waals surface area contributed by atoms with Crippen LogP contribution in [0.4, 0.5) is 0 Å². The van der Waals surface area contributed by atoms with Crippen molar-refractivity contribution >= 4 is 5.96 Å². The molecule has 0 aromatic heterocycles. The maximum Gasteiger partial charge on any atom is 0.191 e. The van der Waals surface area contributed by atoms with Gasteiger partial charge >= 0.3 is 0 Å². The highest BCUT2D eigenvalue weighted by molar-refractivity contribution is 5.79. The van der Waals surface area contributed by atoms with Gasteiger partial charge in [-0.3, -0.25) is 0 Å². The summed E-state index contributed by atoms with van der Waals surface area (Å²) < 4.78 is 11.0. The Morgan fingerprint density at radius 2 is 2.04 bits per heavy atom. The summed E-state index contributed by atoms with van der Waals surface area (Å²) in [6, 6.07) is 6.30. The molecule has 0 spiro atoms. The molecule has 1 aliphatic carbocycles. The number of nitrogens with one attached hydrogen (secondary N) is 2. The third-order valence-corrected chi connectivity index (χ3v) is 4.70. The summed E-state index contributed by atoms with van der Waals surface area (Å²) in [5.74, 6) is 1.80. The van der Waals surface area contributed by atoms with Crippen LogP contribution in [0, 0.1) is 12.3 Å². The standard InChI is InChI=1S/C20H33N3O2/c1-5-21-19(23-15-20(9-10-20)11-12-24-4)22-14-17-8-7-16(3)13-18(17)25-6-2/h7-8,13H,5-6,9-12,14-15H2,1-4H3,(H2,21,22,23). The molecular weight excluding hydrogens is 314 g/mol. The van der Waals surface area contributed by atoms with Gasteiger partial charge in [0.15, 0.2) is 5.96 Å². The topological polar surface area (TPSA) is 54.9 Å². The Kier molecular flexibility index (Phi) is 7.56. The minimum absolute atomic E-state index is 0.395. The lowest BCUT2D eigenvalue weighted by atomic mass is 10.0. The lowest BCUT2D eigenvalue weighted by Gasteiger charge is -2.18. The zero-order valence-electron chi connectivity index (χ0n) is 16.2. The highest BCUT2D eigenvalue weighted by atomic mass is 16.5. The van der Waals surface area contributed by atoms with Gasteiger partial charge in [-0.1, -0.05) is 12.1 Å². The van der Waals surface area contributed by atoms with Crippen molar-refractivity contribution in [2.75, 3.05) is 33.4 Å². The van der Waals surface area contributed by atoms with Crippen LogP contribution in [0.5, 0.6) is 5.75 Å². The third-order valence-electron chi connectivity index (χ3n) is 4.70. The highest BCUT2D eigenvalue weighted by Gasteiger charge is 2.41. The van der Waals surface area contributed by atoms with Gasteiger partial charge in [-0.2, -0.15) is 0 Å². The van der Waals surface area contributed by atoms with Gasteiger partial charge in [0.05, 0.1) is 13.2 Å². The summed E-state index contributed by atoms with van der Waals surface area (Å²) in [5.41, 5.74) is 2.72. The number of methoxy groups -OCH3 is 1. The fraction of sp³-hybridized carbons (Fsp3) is 0.650. The van der Waals surface area contributed by atoms with Crippen LogP contribution in [0.1, 0.15) is 44.2 Å². The van der Waals surface area contributed by atoms with Gasteiger partial charge in [0.2, 0.25) is 0 Å². The lowest BCUT2D eigenvalue weighted by Crippen LogP contribution is -2.40. The molecule has 0 radical (unpaired) electrons. The van der Waals surface area contributed by atoms with Crippen LogP contribution in [0.15, 0.2) is 23.2 Å². The van der Waals surface area contributed by atoms with Crippen molar-refractivity contribution in [3.05, 3.63) is 29.3 Å². The summed E-state index contributed by atoms with van der Waals surface area (Å²) in [4.78, 5) is 4.75. The zero-order valence-corrected chi connectivity index (χ0v) is 16.2. The molecule has 0 bridgehead atoms. The molecule has 0 amide bonds. The number of guanidine groups is 1. The average Bonchev–Trinajstić information content (AvgIpc) is 3.37. The molecule has 5 nitrogen and oxygen atoms in total. The number of hydrogen-bond donors (Lipinski definition) is 2. The Balaban J connectivity index is 1.97. The zero-order chi connectivity index (χ0) is 18.1. The second kappa shape index (κ2) is 9.66. The van der Waals surface area contributed by atoms with Gasteiger partial charge in [0, 0.05) is 32.4 Å². The molecule has 1 aromatic carbocycles. The Labute approximate surface area is 152 Å². The van der Waals surface area contributed by atoms with E-state index >= 15 is 0 Å². The van der Waals surface area contributed by atoms with Crippen molar-refractivity contribution in [1.29, 1.82) is 0 Å². The van der Waals surface area contributed by atoms with E-state index in [0.717, 1.165) is 43.4 Å². The molecule has 0 saturated heterocycles. The maximum atomic E-state index is 5.75. The average molecular weight is 348 g/mol. The van der Waals surface area contributed by atoms with Gasteiger partial charge in [-0.15, -0.1) is 0 Å². The Morgan fingerprint density at radius 3 is 2.68 bits per heavy atom. The number of nitrogens with zero attached hydrogens (tertiary/aromatic N) is 1. The monoisotopic (exact) mass is 347 g/mol. The molecule has 25 heavy (non-hydrogen) atoms. The first-order valence-electron chi connectivity index (χ1n) is 9.36. The van der Waals surface area contributed by atoms with Crippen LogP contribution in [0.3, 0.4) is 0 Å². The normalized spacial score (nSPS) is 15.8. The van der Waals surface area contributed by atoms with E-state index < -0.39 is 0 Å². The number of aryl methyl sites for hydroxylation is 1. The maximum absolute atomic E-state index is 5.75. The summed E-state index contributed by atoms with van der Waals surface area (Å²) in [7, 11) is 1.77. The van der Waals surface area contributed by atoms with Crippen LogP contribution in [0.25, 0.3) is 0 Å². The smallest absolute Gasteiger partial charge is 0.191 e. The second-order valence-corrected chi connectivity index (χ2v) is 6.84. The summed E-state index contributed by atoms with van der Waals surface area (Å²) in [6.45, 7) is 10.1. The van der Waals surface area contributed by atoms with Gasteiger partial charge in [0.25, 0.3) is 0 Å². The van der Waals surface area contributed by atoms with Crippen molar-refractivity contribution in [3.63, 3.8) is 0 Å². The highest BCUT2D eigenvalue weighted by Crippen LogP contribution is 2.48. The molecule has 1 saturated carbocycles. The van der Waals surface area contributed by atoms with E-state index in [2.05, 4.69) is 42.7 Å². The number of rotatable bonds is 10. The van der Waals surface area contributed by atoms with Gasteiger partial charge in [-0.25, -0.2) is 4.99 Å². The van der Waals surface area contributed by atoms with E-state index in [1.807, 2.05) is 6.92 Å². The molecule has 5 heteroatoms. The first-order valence-corrected chi connectivity index (χ1v) is 9.36. The predicted octanol–water partition coefficient (Wildman–Crippen LogP) is 3.27. The molecule has 0 aliphatic heterocycles. The number of hydrogen-bond acceptors (Lipinski definition) is 3. The van der Waals surface area contributed by atoms with Crippen molar-refractivity contribution in [2.24, 2.45) is 10.4 Å². The molecule has 1 aromatic rings. The van der Waals surface area contributed by atoms with E-state index in [4.69, 9.17) is 14.5 Å². The van der Waals surface area contributed by atoms with Gasteiger partial charge in [-0.05, 0) is 57.1 Å². The van der Waals surface area contributed by atoms with E-state index in [9.17, 15) is 0 Å². The molecule has 2 N–H and O–H groups in total. The second-order valence-electron chi connectivity index (χ2n) is 6.84. The Bertz CT molecular complexity index is 568. The minimum atomic E-state index is 0.395. The molecule has 0 atom stereocenters. The first kappa shape index (κ1) is 19.6. The van der Waals surface area contributed by atoms with E-state index in [1.165, 1.54) is 18.4 Å². The van der Waals surface area contributed by atoms with Crippen LogP contribution < -0.4 is 15.4 Å². The van der Waals surface area contributed by atoms with Crippen molar-refractivity contribution in [1.82, 2.24) is 10.6 Å². The quantitative estimate of drug-likeness (QED) is 0.504. The van der Waals surface area contributed by atoms with Gasteiger partial charge in [0.1, 0.15) is 5.75 Å². The summed E-state index contributed by atoms with van der Waals surface area (Å²) in [6.07, 6.45) is 3.66. The molecule has 140 valence electrons. The number of benzene rings is 1. The van der Waals surface area contributed by atoms with Crippen LogP contribution >= 0.6 is 0 Å². The largest absolute Gasteiger partial charge is 0.494 e. The van der Waals surface area contributed by atoms with Crippen molar-refractivity contribution in [2.45, 2.75) is 46.6 Å². The van der Waals surface area contributed by atoms with Crippen LogP contribution in [-0.2, 0) is 11.3 Å². The number of ether oxygens (including phenoxy) is 2. The fourth-order valence-corrected chi connectivity index (χ4v) is 2.87. The Hall–Kier alpha value is -1.75. The molecule has 1 fully saturated rings. The molecule has 2 rings (SSSR count). The predicted molar refractivity (Wildman–Crippen MR) is 103 cm³/mol. The van der Waals surface area contributed by atoms with E-state index in [-0.39, 0.29) is 0 Å². The third kappa shape index (κ3) is 6.24. The minimum Gasteiger partial charge on any atom is -0.494 e. The summed E-state index contributed by atoms with van der Waals surface area (Å²) in [5, 5.41) is 6.85. The molecule has 1 aliphatic rings. The van der Waals surface area contributed by atoms with Crippen LogP contribution in [0.2, 0.25) is 0 Å². The van der Waals surface area contributed by atoms with Crippen LogP contribution in [-0.4, -0.2) is 39.4 Å². The Morgan fingerprint density at radius 1 is 1.24 bits per heavy atom. The number of aliphatic imine (C=N–C) groups is 1. The molecule has 0 heterocycles. The van der Waals surface area contributed by atoms with E-state index in [1.54, 1.807) is 7.11 Å². The molecule has 0 unspecified atom stereocenters. The van der Waals surface area contributed by atoms with Crippen molar-refractivity contribution < 1.29 is 9.47 Å². The summed E-state index contributed by atoms with van der Waals surface area (Å²) >= 11 is 0. The lowest BCUT2D eigenvalue weighted by molar-refractivity contribution is 0.172. The van der Waals surface area contributed by atoms with Gasteiger partial charge < -0.3 is 20.1 Å². The van der Waals surface area contributed by atoms with E-state index in [0.29, 0.717) is 18.6 Å². The molecular formula is C20H33N3O2. The van der Waals surface area contributed by atoms with Crippen molar-refractivity contribution in [3.8, 4) is 5.75 Å².